The molecule has 3 N–H and O–H groups in total. The average molecular weight is 398 g/mol. The van der Waals surface area contributed by atoms with Crippen LogP contribution >= 0.6 is 0 Å². The Morgan fingerprint density at radius 3 is 2.62 bits per heavy atom. The number of benzene rings is 2. The van der Waals surface area contributed by atoms with Crippen LogP contribution in [-0.2, 0) is 15.1 Å². The second kappa shape index (κ2) is 7.75. The van der Waals surface area contributed by atoms with E-state index in [0.29, 0.717) is 22.6 Å². The molecule has 0 bridgehead atoms. The topological polar surface area (TPSA) is 96.9 Å². The third-order valence-electron chi connectivity index (χ3n) is 4.68. The summed E-state index contributed by atoms with van der Waals surface area (Å²) in [6, 6.07) is 13.4. The number of amides is 2. The van der Waals surface area contributed by atoms with Gasteiger partial charge in [0, 0.05) is 17.7 Å². The van der Waals surface area contributed by atoms with E-state index in [1.807, 2.05) is 0 Å². The number of fused-ring (bicyclic) bond motifs is 1. The molecule has 2 amide bonds. The minimum atomic E-state index is -1.79. The van der Waals surface area contributed by atoms with Crippen LogP contribution in [0.25, 0.3) is 0 Å². The zero-order chi connectivity index (χ0) is 21.2. The van der Waals surface area contributed by atoms with Gasteiger partial charge in [0.2, 0.25) is 0 Å². The van der Waals surface area contributed by atoms with Crippen molar-refractivity contribution in [3.05, 3.63) is 59.7 Å². The van der Waals surface area contributed by atoms with Crippen LogP contribution in [0.1, 0.15) is 44.4 Å². The Morgan fingerprint density at radius 1 is 1.21 bits per heavy atom. The standard InChI is InChI=1S/C22H26N2O5/c1-21(2,3)29-20(26)24-18(14-8-7-9-15(12-14)28-4)13-22(27)16-10-5-6-11-17(16)23-19(22)25/h5-12,18,27H,13H2,1-4H3,(H,23,25)(H,24,26). The molecule has 0 fully saturated rings. The van der Waals surface area contributed by atoms with Crippen molar-refractivity contribution in [1.82, 2.24) is 5.32 Å². The number of ether oxygens (including phenoxy) is 2. The van der Waals surface area contributed by atoms with E-state index in [0.717, 1.165) is 0 Å². The fraction of sp³-hybridized carbons (Fsp3) is 0.364. The number of aliphatic hydroxyl groups is 1. The van der Waals surface area contributed by atoms with Gasteiger partial charge in [-0.05, 0) is 44.5 Å². The van der Waals surface area contributed by atoms with Crippen molar-refractivity contribution in [2.24, 2.45) is 0 Å². The molecule has 2 aromatic carbocycles. The lowest BCUT2D eigenvalue weighted by Gasteiger charge is -2.29. The Bertz CT molecular complexity index is 921. The Kier molecular flexibility index (Phi) is 5.53. The molecule has 1 aliphatic rings. The van der Waals surface area contributed by atoms with Crippen LogP contribution in [0.4, 0.5) is 10.5 Å². The van der Waals surface area contributed by atoms with Crippen LogP contribution in [0.5, 0.6) is 5.75 Å². The molecule has 154 valence electrons. The van der Waals surface area contributed by atoms with Crippen molar-refractivity contribution in [2.45, 2.75) is 44.4 Å². The minimum absolute atomic E-state index is 0.0672. The van der Waals surface area contributed by atoms with E-state index in [9.17, 15) is 14.7 Å². The van der Waals surface area contributed by atoms with Gasteiger partial charge in [-0.3, -0.25) is 4.79 Å². The van der Waals surface area contributed by atoms with Crippen LogP contribution in [0.15, 0.2) is 48.5 Å². The number of carbonyl (C=O) groups is 2. The van der Waals surface area contributed by atoms with E-state index in [4.69, 9.17) is 9.47 Å². The molecule has 2 aromatic rings. The smallest absolute Gasteiger partial charge is 0.408 e. The van der Waals surface area contributed by atoms with Gasteiger partial charge in [0.25, 0.3) is 5.91 Å². The second-order valence-corrected chi connectivity index (χ2v) is 8.04. The van der Waals surface area contributed by atoms with Crippen molar-refractivity contribution < 1.29 is 24.2 Å². The first-order chi connectivity index (χ1) is 13.6. The maximum absolute atomic E-state index is 12.6. The van der Waals surface area contributed by atoms with E-state index in [2.05, 4.69) is 10.6 Å². The van der Waals surface area contributed by atoms with Crippen molar-refractivity contribution in [1.29, 1.82) is 0 Å². The van der Waals surface area contributed by atoms with E-state index >= 15 is 0 Å². The summed E-state index contributed by atoms with van der Waals surface area (Å²) in [5.41, 5.74) is -0.761. The highest BCUT2D eigenvalue weighted by atomic mass is 16.6. The fourth-order valence-electron chi connectivity index (χ4n) is 3.36. The molecule has 2 unspecified atom stereocenters. The maximum Gasteiger partial charge on any atom is 0.408 e. The summed E-state index contributed by atoms with van der Waals surface area (Å²) in [6.07, 6.45) is -0.706. The van der Waals surface area contributed by atoms with E-state index in [1.54, 1.807) is 76.4 Å². The maximum atomic E-state index is 12.6. The summed E-state index contributed by atoms with van der Waals surface area (Å²) in [4.78, 5) is 25.1. The molecule has 7 heteroatoms. The summed E-state index contributed by atoms with van der Waals surface area (Å²) < 4.78 is 10.7. The summed E-state index contributed by atoms with van der Waals surface area (Å²) >= 11 is 0. The largest absolute Gasteiger partial charge is 0.497 e. The van der Waals surface area contributed by atoms with Gasteiger partial charge in [0.05, 0.1) is 13.2 Å². The molecular formula is C22H26N2O5. The first-order valence-corrected chi connectivity index (χ1v) is 9.39. The van der Waals surface area contributed by atoms with Crippen LogP contribution in [-0.4, -0.2) is 29.8 Å². The predicted octanol–water partition coefficient (Wildman–Crippen LogP) is 3.49. The van der Waals surface area contributed by atoms with E-state index in [-0.39, 0.29) is 6.42 Å². The molecule has 3 rings (SSSR count). The van der Waals surface area contributed by atoms with Crippen LogP contribution in [0, 0.1) is 0 Å². The lowest BCUT2D eigenvalue weighted by Crippen LogP contribution is -2.41. The van der Waals surface area contributed by atoms with Crippen LogP contribution in [0.3, 0.4) is 0 Å². The summed E-state index contributed by atoms with van der Waals surface area (Å²) in [5, 5.41) is 16.8. The molecule has 0 radical (unpaired) electrons. The van der Waals surface area contributed by atoms with Crippen molar-refractivity contribution in [2.75, 3.05) is 12.4 Å². The van der Waals surface area contributed by atoms with Gasteiger partial charge in [0.15, 0.2) is 5.60 Å². The van der Waals surface area contributed by atoms with Gasteiger partial charge in [-0.15, -0.1) is 0 Å². The first-order valence-electron chi connectivity index (χ1n) is 9.39. The molecule has 29 heavy (non-hydrogen) atoms. The third-order valence-corrected chi connectivity index (χ3v) is 4.68. The number of alkyl carbamates (subject to hydrolysis) is 1. The lowest BCUT2D eigenvalue weighted by molar-refractivity contribution is -0.135. The molecule has 2 atom stereocenters. The second-order valence-electron chi connectivity index (χ2n) is 8.04. The molecule has 1 aliphatic heterocycles. The number of nitrogens with one attached hydrogen (secondary N) is 2. The van der Waals surface area contributed by atoms with E-state index < -0.39 is 29.2 Å². The minimum Gasteiger partial charge on any atom is -0.497 e. The number of hydrogen-bond donors (Lipinski definition) is 3. The Hall–Kier alpha value is -3.06. The van der Waals surface area contributed by atoms with Crippen molar-refractivity contribution in [3.8, 4) is 5.75 Å². The summed E-state index contributed by atoms with van der Waals surface area (Å²) in [5.74, 6) is 0.0688. The summed E-state index contributed by atoms with van der Waals surface area (Å²) in [6.45, 7) is 5.30. The molecule has 7 nitrogen and oxygen atoms in total. The summed E-state index contributed by atoms with van der Waals surface area (Å²) in [7, 11) is 1.55. The third kappa shape index (κ3) is 4.51. The monoisotopic (exact) mass is 398 g/mol. The molecule has 0 saturated heterocycles. The normalized spacial score (nSPS) is 19.1. The van der Waals surface area contributed by atoms with Gasteiger partial charge in [-0.2, -0.15) is 0 Å². The Labute approximate surface area is 170 Å². The molecule has 0 aromatic heterocycles. The SMILES string of the molecule is COc1cccc(C(CC2(O)C(=O)Nc3ccccc32)NC(=O)OC(C)(C)C)c1. The lowest BCUT2D eigenvalue weighted by atomic mass is 9.86. The highest BCUT2D eigenvalue weighted by molar-refractivity contribution is 6.04. The number of para-hydroxylation sites is 1. The van der Waals surface area contributed by atoms with Gasteiger partial charge < -0.3 is 25.2 Å². The zero-order valence-electron chi connectivity index (χ0n) is 17.0. The molecule has 0 saturated carbocycles. The van der Waals surface area contributed by atoms with Gasteiger partial charge >= 0.3 is 6.09 Å². The molecule has 0 aliphatic carbocycles. The van der Waals surface area contributed by atoms with Gasteiger partial charge in [-0.25, -0.2) is 4.79 Å². The van der Waals surface area contributed by atoms with Crippen molar-refractivity contribution in [3.63, 3.8) is 0 Å². The number of methoxy groups -OCH3 is 1. The first kappa shape index (κ1) is 20.7. The van der Waals surface area contributed by atoms with E-state index in [1.165, 1.54) is 0 Å². The average Bonchev–Trinajstić information content (AvgIpc) is 2.90. The number of hydrogen-bond acceptors (Lipinski definition) is 5. The quantitative estimate of drug-likeness (QED) is 0.716. The van der Waals surface area contributed by atoms with Crippen LogP contribution < -0.4 is 15.4 Å². The highest BCUT2D eigenvalue weighted by Crippen LogP contribution is 2.41. The molecule has 0 spiro atoms. The number of rotatable bonds is 5. The van der Waals surface area contributed by atoms with Crippen LogP contribution in [0.2, 0.25) is 0 Å². The van der Waals surface area contributed by atoms with Gasteiger partial charge in [0.1, 0.15) is 11.4 Å². The number of carbonyl (C=O) groups excluding carboxylic acids is 2. The van der Waals surface area contributed by atoms with Crippen molar-refractivity contribution >= 4 is 17.7 Å². The zero-order valence-corrected chi connectivity index (χ0v) is 17.0. The molecule has 1 heterocycles. The highest BCUT2D eigenvalue weighted by Gasteiger charge is 2.47. The Balaban J connectivity index is 1.95. The number of anilines is 1. The predicted molar refractivity (Wildman–Crippen MR) is 109 cm³/mol. The van der Waals surface area contributed by atoms with Gasteiger partial charge in [-0.1, -0.05) is 30.3 Å². The molecular weight excluding hydrogens is 372 g/mol. The Morgan fingerprint density at radius 2 is 1.93 bits per heavy atom. The fourth-order valence-corrected chi connectivity index (χ4v) is 3.36.